The Labute approximate surface area is 154 Å². The number of aliphatic hydroxyl groups excluding tert-OH is 3. The zero-order valence-electron chi connectivity index (χ0n) is 14.3. The van der Waals surface area contributed by atoms with Gasteiger partial charge >= 0.3 is 12.0 Å². The number of urea groups is 1. The number of carbonyl (C=O) groups excluding carboxylic acids is 2. The van der Waals surface area contributed by atoms with Gasteiger partial charge in [-0.1, -0.05) is 37.3 Å². The van der Waals surface area contributed by atoms with E-state index in [0.717, 1.165) is 0 Å². The van der Waals surface area contributed by atoms with Crippen molar-refractivity contribution >= 4 is 17.9 Å². The predicted octanol–water partition coefficient (Wildman–Crippen LogP) is -1.26. The maximum absolute atomic E-state index is 13.1. The molecule has 1 aromatic carbocycles. The van der Waals surface area contributed by atoms with Crippen LogP contribution >= 0.6 is 0 Å². The van der Waals surface area contributed by atoms with Crippen molar-refractivity contribution in [2.24, 2.45) is 0 Å². The van der Waals surface area contributed by atoms with Gasteiger partial charge in [0.05, 0.1) is 0 Å². The molecular formula is C17H20N2O8. The van der Waals surface area contributed by atoms with Gasteiger partial charge in [0.25, 0.3) is 5.91 Å². The lowest BCUT2D eigenvalue weighted by Crippen LogP contribution is -2.65. The molecule has 2 fully saturated rings. The highest BCUT2D eigenvalue weighted by molar-refractivity contribution is 6.07. The lowest BCUT2D eigenvalue weighted by Gasteiger charge is -2.41. The normalized spacial score (nSPS) is 36.6. The molecule has 2 heterocycles. The number of hydrogen-bond acceptors (Lipinski definition) is 7. The number of carboxylic acids is 1. The lowest BCUT2D eigenvalue weighted by molar-refractivity contribution is -0.250. The molecule has 0 bridgehead atoms. The third kappa shape index (κ3) is 2.86. The average molecular weight is 380 g/mol. The molecule has 0 aromatic heterocycles. The standard InChI is InChI=1S/C17H20N2O8/c1-2-17(8-6-4-3-5-7-8)15(25)19(16(26)18-17)13-11(22)9(20)10(21)12(27-13)14(23)24/h3-7,9-13,20-22H,2H2,1H3,(H,18,26)(H,23,24)/t9-,10-,11+,12-,13+,17?/m0/s1. The zero-order valence-corrected chi connectivity index (χ0v) is 14.3. The molecule has 10 nitrogen and oxygen atoms in total. The first-order chi connectivity index (χ1) is 12.7. The Balaban J connectivity index is 1.98. The van der Waals surface area contributed by atoms with Crippen LogP contribution in [0.4, 0.5) is 4.79 Å². The van der Waals surface area contributed by atoms with E-state index in [4.69, 9.17) is 9.84 Å². The van der Waals surface area contributed by atoms with Gasteiger partial charge in [0, 0.05) is 0 Å². The number of hydrogen-bond donors (Lipinski definition) is 5. The minimum absolute atomic E-state index is 0.189. The second kappa shape index (κ2) is 6.89. The quantitative estimate of drug-likeness (QED) is 0.405. The Kier molecular flexibility index (Phi) is 4.91. The highest BCUT2D eigenvalue weighted by Gasteiger charge is 2.58. The van der Waals surface area contributed by atoms with Gasteiger partial charge < -0.3 is 30.5 Å². The van der Waals surface area contributed by atoms with Gasteiger partial charge in [-0.05, 0) is 12.0 Å². The second-order valence-electron chi connectivity index (χ2n) is 6.49. The lowest BCUT2D eigenvalue weighted by atomic mass is 9.87. The summed E-state index contributed by atoms with van der Waals surface area (Å²) in [5, 5.41) is 41.7. The fraction of sp³-hybridized carbons (Fsp3) is 0.471. The molecule has 6 atom stereocenters. The van der Waals surface area contributed by atoms with Crippen LogP contribution in [-0.2, 0) is 19.9 Å². The van der Waals surface area contributed by atoms with E-state index in [2.05, 4.69) is 5.32 Å². The van der Waals surface area contributed by atoms with E-state index in [1.165, 1.54) is 0 Å². The van der Waals surface area contributed by atoms with Crippen LogP contribution in [0.3, 0.4) is 0 Å². The number of carbonyl (C=O) groups is 3. The van der Waals surface area contributed by atoms with Gasteiger partial charge in [-0.2, -0.15) is 0 Å². The second-order valence-corrected chi connectivity index (χ2v) is 6.49. The Morgan fingerprint density at radius 1 is 1.15 bits per heavy atom. The highest BCUT2D eigenvalue weighted by atomic mass is 16.6. The fourth-order valence-electron chi connectivity index (χ4n) is 3.47. The first-order valence-electron chi connectivity index (χ1n) is 8.38. The molecule has 10 heteroatoms. The number of imide groups is 1. The van der Waals surface area contributed by atoms with Crippen LogP contribution in [0.5, 0.6) is 0 Å². The van der Waals surface area contributed by atoms with E-state index < -0.39 is 54.1 Å². The number of benzene rings is 1. The zero-order chi connectivity index (χ0) is 19.9. The van der Waals surface area contributed by atoms with E-state index in [0.29, 0.717) is 10.5 Å². The van der Waals surface area contributed by atoms with Crippen LogP contribution in [-0.4, -0.2) is 73.9 Å². The first kappa shape index (κ1) is 19.2. The molecule has 2 aliphatic rings. The van der Waals surface area contributed by atoms with Crippen molar-refractivity contribution in [1.29, 1.82) is 0 Å². The van der Waals surface area contributed by atoms with Crippen LogP contribution in [0, 0.1) is 0 Å². The summed E-state index contributed by atoms with van der Waals surface area (Å²) in [5.41, 5.74) is -0.907. The molecule has 0 aliphatic carbocycles. The maximum atomic E-state index is 13.1. The molecule has 0 radical (unpaired) electrons. The summed E-state index contributed by atoms with van der Waals surface area (Å²) in [6, 6.07) is 7.55. The molecule has 27 heavy (non-hydrogen) atoms. The number of nitrogens with one attached hydrogen (secondary N) is 1. The van der Waals surface area contributed by atoms with Crippen LogP contribution in [0.1, 0.15) is 18.9 Å². The molecule has 3 amide bonds. The van der Waals surface area contributed by atoms with E-state index in [9.17, 15) is 29.7 Å². The summed E-state index contributed by atoms with van der Waals surface area (Å²) in [6.07, 6.45) is -9.21. The van der Waals surface area contributed by atoms with Crippen molar-refractivity contribution in [1.82, 2.24) is 10.2 Å². The van der Waals surface area contributed by atoms with Crippen LogP contribution < -0.4 is 5.32 Å². The number of ether oxygens (including phenoxy) is 1. The number of aliphatic hydroxyl groups is 3. The molecule has 2 aliphatic heterocycles. The van der Waals surface area contributed by atoms with Crippen LogP contribution in [0.2, 0.25) is 0 Å². The van der Waals surface area contributed by atoms with Gasteiger partial charge in [0.2, 0.25) is 0 Å². The Morgan fingerprint density at radius 3 is 2.33 bits per heavy atom. The van der Waals surface area contributed by atoms with E-state index in [1.54, 1.807) is 37.3 Å². The number of carboxylic acid groups (broad SMARTS) is 1. The van der Waals surface area contributed by atoms with Crippen molar-refractivity contribution in [2.45, 2.75) is 49.5 Å². The summed E-state index contributed by atoms with van der Waals surface area (Å²) in [5.74, 6) is -2.35. The molecular weight excluding hydrogens is 360 g/mol. The smallest absolute Gasteiger partial charge is 0.335 e. The predicted molar refractivity (Wildman–Crippen MR) is 88.1 cm³/mol. The van der Waals surface area contributed by atoms with Gasteiger partial charge in [0.15, 0.2) is 12.3 Å². The molecule has 0 saturated carbocycles. The van der Waals surface area contributed by atoms with Crippen LogP contribution in [0.15, 0.2) is 30.3 Å². The van der Waals surface area contributed by atoms with Crippen molar-refractivity contribution in [3.63, 3.8) is 0 Å². The number of rotatable bonds is 4. The Hall–Kier alpha value is -2.53. The largest absolute Gasteiger partial charge is 0.479 e. The fourth-order valence-corrected chi connectivity index (χ4v) is 3.47. The SMILES string of the molecule is CCC1(c2ccccc2)NC(=O)N([C@@H]2O[C@H](C(=O)O)[C@@H](O)[C@H](O)[C@H]2O)C1=O. The third-order valence-electron chi connectivity index (χ3n) is 5.01. The molecule has 1 unspecified atom stereocenters. The minimum Gasteiger partial charge on any atom is -0.479 e. The molecule has 5 N–H and O–H groups in total. The molecule has 146 valence electrons. The molecule has 1 aromatic rings. The number of amides is 3. The average Bonchev–Trinajstić information content (AvgIpc) is 2.92. The van der Waals surface area contributed by atoms with Crippen molar-refractivity contribution < 1.29 is 39.5 Å². The Bertz CT molecular complexity index is 757. The molecule has 3 rings (SSSR count). The topological polar surface area (TPSA) is 157 Å². The molecule has 2 saturated heterocycles. The van der Waals surface area contributed by atoms with E-state index >= 15 is 0 Å². The van der Waals surface area contributed by atoms with Crippen molar-refractivity contribution in [3.05, 3.63) is 35.9 Å². The summed E-state index contributed by atoms with van der Waals surface area (Å²) in [4.78, 5) is 37.5. The van der Waals surface area contributed by atoms with Gasteiger partial charge in [-0.25, -0.2) is 14.5 Å². The monoisotopic (exact) mass is 380 g/mol. The van der Waals surface area contributed by atoms with Gasteiger partial charge in [-0.15, -0.1) is 0 Å². The maximum Gasteiger partial charge on any atom is 0.335 e. The summed E-state index contributed by atoms with van der Waals surface area (Å²) >= 11 is 0. The van der Waals surface area contributed by atoms with Crippen molar-refractivity contribution in [2.75, 3.05) is 0 Å². The highest BCUT2D eigenvalue weighted by Crippen LogP contribution is 2.36. The van der Waals surface area contributed by atoms with Gasteiger partial charge in [-0.3, -0.25) is 4.79 Å². The minimum atomic E-state index is -1.92. The number of aliphatic carboxylic acids is 1. The Morgan fingerprint density at radius 2 is 1.78 bits per heavy atom. The van der Waals surface area contributed by atoms with Crippen LogP contribution in [0.25, 0.3) is 0 Å². The molecule has 0 spiro atoms. The summed E-state index contributed by atoms with van der Waals surface area (Å²) < 4.78 is 5.13. The summed E-state index contributed by atoms with van der Waals surface area (Å²) in [7, 11) is 0. The third-order valence-corrected chi connectivity index (χ3v) is 5.01. The van der Waals surface area contributed by atoms with E-state index in [1.807, 2.05) is 0 Å². The van der Waals surface area contributed by atoms with Gasteiger partial charge in [0.1, 0.15) is 23.9 Å². The summed E-state index contributed by atoms with van der Waals surface area (Å²) in [6.45, 7) is 1.69. The number of nitrogens with zero attached hydrogens (tertiary/aromatic N) is 1. The van der Waals surface area contributed by atoms with Crippen molar-refractivity contribution in [3.8, 4) is 0 Å². The van der Waals surface area contributed by atoms with E-state index in [-0.39, 0.29) is 6.42 Å². The first-order valence-corrected chi connectivity index (χ1v) is 8.38.